The van der Waals surface area contributed by atoms with Crippen molar-refractivity contribution in [2.45, 2.75) is 75.1 Å². The van der Waals surface area contributed by atoms with Crippen LogP contribution in [0.5, 0.6) is 5.75 Å². The third-order valence-corrected chi connectivity index (χ3v) is 12.2. The smallest absolute Gasteiger partial charge is 0.264 e. The van der Waals surface area contributed by atoms with Crippen molar-refractivity contribution in [3.8, 4) is 5.75 Å². The second-order valence-corrected chi connectivity index (χ2v) is 14.9. The molecule has 0 saturated heterocycles. The lowest BCUT2D eigenvalue weighted by molar-refractivity contribution is 0.0980. The first-order chi connectivity index (χ1) is 20.2. The summed E-state index contributed by atoms with van der Waals surface area (Å²) < 4.78 is 41.2. The number of hydrogen-bond donors (Lipinski definition) is 1. The van der Waals surface area contributed by atoms with E-state index in [1.165, 1.54) is 11.1 Å². The molecule has 2 aliphatic carbocycles. The Kier molecular flexibility index (Phi) is 8.33. The Morgan fingerprint density at radius 3 is 2.74 bits per heavy atom. The van der Waals surface area contributed by atoms with Crippen LogP contribution in [-0.2, 0) is 26.6 Å². The number of aryl methyl sites for hydroxylation is 1. The van der Waals surface area contributed by atoms with Crippen LogP contribution < -0.4 is 14.4 Å². The van der Waals surface area contributed by atoms with E-state index in [4.69, 9.17) is 21.1 Å². The SMILES string of the molecule is CC[C@@H]1CC[C@H](OC)/C=C/[C@@H]2CC[C@H]2CN2C[C@@]3(CCCc4cc(Cl)ccc43)COc3ccc(cc32)C(=O)NS1(=O)=O. The van der Waals surface area contributed by atoms with Crippen molar-refractivity contribution in [1.82, 2.24) is 4.72 Å². The van der Waals surface area contributed by atoms with E-state index in [0.29, 0.717) is 43.3 Å². The van der Waals surface area contributed by atoms with Crippen molar-refractivity contribution in [2.24, 2.45) is 11.8 Å². The molecule has 2 aromatic rings. The molecule has 2 aliphatic heterocycles. The number of nitrogens with one attached hydrogen (secondary N) is 1. The quantitative estimate of drug-likeness (QED) is 0.416. The number of anilines is 1. The molecule has 42 heavy (non-hydrogen) atoms. The number of carbonyl (C=O) groups excluding carboxylic acids is 1. The Morgan fingerprint density at radius 1 is 1.12 bits per heavy atom. The van der Waals surface area contributed by atoms with Gasteiger partial charge in [-0.25, -0.2) is 13.1 Å². The minimum absolute atomic E-state index is 0.168. The summed E-state index contributed by atoms with van der Waals surface area (Å²) in [6.45, 7) is 3.96. The predicted octanol–water partition coefficient (Wildman–Crippen LogP) is 6.04. The molecule has 1 N–H and O–H groups in total. The third-order valence-electron chi connectivity index (χ3n) is 10.0. The topological polar surface area (TPSA) is 84.9 Å². The molecule has 1 spiro atoms. The summed E-state index contributed by atoms with van der Waals surface area (Å²) in [5, 5.41) is 0.0697. The van der Waals surface area contributed by atoms with Gasteiger partial charge in [-0.3, -0.25) is 4.79 Å². The van der Waals surface area contributed by atoms with Gasteiger partial charge >= 0.3 is 0 Å². The Morgan fingerprint density at radius 2 is 1.98 bits per heavy atom. The number of methoxy groups -OCH3 is 1. The van der Waals surface area contributed by atoms with Gasteiger partial charge in [-0.2, -0.15) is 0 Å². The van der Waals surface area contributed by atoms with E-state index in [1.807, 2.05) is 25.1 Å². The average Bonchev–Trinajstić information content (AvgIpc) is 3.10. The first-order valence-corrected chi connectivity index (χ1v) is 17.2. The van der Waals surface area contributed by atoms with E-state index in [9.17, 15) is 13.2 Å². The van der Waals surface area contributed by atoms with E-state index in [-0.39, 0.29) is 11.5 Å². The van der Waals surface area contributed by atoms with E-state index in [2.05, 4.69) is 33.9 Å². The summed E-state index contributed by atoms with van der Waals surface area (Å²) in [5.74, 6) is 1.01. The van der Waals surface area contributed by atoms with Crippen LogP contribution in [0.2, 0.25) is 5.02 Å². The van der Waals surface area contributed by atoms with Crippen molar-refractivity contribution in [1.29, 1.82) is 0 Å². The van der Waals surface area contributed by atoms with Gasteiger partial charge in [-0.05, 0) is 105 Å². The van der Waals surface area contributed by atoms with E-state index < -0.39 is 21.2 Å². The highest BCUT2D eigenvalue weighted by molar-refractivity contribution is 7.90. The molecule has 226 valence electrons. The molecule has 0 aromatic heterocycles. The maximum Gasteiger partial charge on any atom is 0.264 e. The highest BCUT2D eigenvalue weighted by atomic mass is 35.5. The maximum absolute atomic E-state index is 13.4. The fourth-order valence-electron chi connectivity index (χ4n) is 7.37. The largest absolute Gasteiger partial charge is 0.490 e. The Hall–Kier alpha value is -2.55. The molecule has 1 amide bonds. The van der Waals surface area contributed by atoms with E-state index in [0.717, 1.165) is 61.7 Å². The normalized spacial score (nSPS) is 31.5. The van der Waals surface area contributed by atoms with Crippen LogP contribution in [0, 0.1) is 11.8 Å². The van der Waals surface area contributed by atoms with Crippen LogP contribution in [-0.4, -0.2) is 52.5 Å². The fraction of sp³-hybridized carbons (Fsp3) is 0.545. The Balaban J connectivity index is 1.41. The molecule has 5 atom stereocenters. The standard InChI is InChI=1S/C33H41ClN2O5S/c1-3-28-13-12-27(40-2)11-8-22-6-7-25(22)19-36-20-33(16-4-5-23-17-26(34)10-14-29(23)33)21-41-31-15-9-24(18-30(31)36)32(37)35-42(28,38)39/h8-11,14-15,17-18,22,25,27-28H,3-7,12-13,16,19-21H2,1-2H3,(H,35,37)/b11-8+/t22-,25-,27+,28+,33-/m0/s1. The zero-order valence-electron chi connectivity index (χ0n) is 24.5. The second kappa shape index (κ2) is 11.9. The van der Waals surface area contributed by atoms with Crippen LogP contribution in [0.15, 0.2) is 48.6 Å². The Bertz CT molecular complexity index is 1480. The van der Waals surface area contributed by atoms with Crippen molar-refractivity contribution >= 4 is 33.2 Å². The van der Waals surface area contributed by atoms with Crippen LogP contribution in [0.25, 0.3) is 0 Å². The van der Waals surface area contributed by atoms with Gasteiger partial charge in [0.1, 0.15) is 5.75 Å². The lowest BCUT2D eigenvalue weighted by atomic mass is 9.69. The maximum atomic E-state index is 13.4. The monoisotopic (exact) mass is 612 g/mol. The van der Waals surface area contributed by atoms with Crippen molar-refractivity contribution in [3.63, 3.8) is 0 Å². The molecule has 7 nitrogen and oxygen atoms in total. The lowest BCUT2D eigenvalue weighted by Crippen LogP contribution is -2.48. The van der Waals surface area contributed by atoms with Gasteiger partial charge in [0.25, 0.3) is 5.91 Å². The lowest BCUT2D eigenvalue weighted by Gasteiger charge is -2.44. The van der Waals surface area contributed by atoms with Crippen LogP contribution in [0.4, 0.5) is 5.69 Å². The molecule has 0 unspecified atom stereocenters. The predicted molar refractivity (Wildman–Crippen MR) is 166 cm³/mol. The molecule has 4 aliphatic rings. The number of halogens is 1. The molecular weight excluding hydrogens is 572 g/mol. The van der Waals surface area contributed by atoms with Gasteiger partial charge in [-0.1, -0.05) is 36.7 Å². The van der Waals surface area contributed by atoms with Crippen LogP contribution in [0.3, 0.4) is 0 Å². The van der Waals surface area contributed by atoms with Gasteiger partial charge in [-0.15, -0.1) is 0 Å². The van der Waals surface area contributed by atoms with Crippen molar-refractivity contribution in [3.05, 3.63) is 70.3 Å². The van der Waals surface area contributed by atoms with Crippen LogP contribution >= 0.6 is 11.6 Å². The number of ether oxygens (including phenoxy) is 2. The highest BCUT2D eigenvalue weighted by Crippen LogP contribution is 2.46. The number of rotatable bonds is 2. The minimum atomic E-state index is -3.87. The Labute approximate surface area is 254 Å². The molecule has 2 aromatic carbocycles. The zero-order valence-corrected chi connectivity index (χ0v) is 26.1. The van der Waals surface area contributed by atoms with Gasteiger partial charge in [0, 0.05) is 36.2 Å². The number of nitrogens with zero attached hydrogens (tertiary/aromatic N) is 1. The number of sulfonamides is 1. The molecule has 1 fully saturated rings. The number of amides is 1. The summed E-state index contributed by atoms with van der Waals surface area (Å²) in [6.07, 6.45) is 10.9. The van der Waals surface area contributed by atoms with Crippen molar-refractivity contribution < 1.29 is 22.7 Å². The average molecular weight is 613 g/mol. The molecule has 2 heterocycles. The summed E-state index contributed by atoms with van der Waals surface area (Å²) in [5.41, 5.74) is 3.53. The van der Waals surface area contributed by atoms with E-state index >= 15 is 0 Å². The second-order valence-electron chi connectivity index (χ2n) is 12.5. The molecular formula is C33H41ClN2O5S. The third kappa shape index (κ3) is 5.70. The number of benzene rings is 2. The minimum Gasteiger partial charge on any atom is -0.490 e. The number of allylic oxidation sites excluding steroid dienone is 1. The van der Waals surface area contributed by atoms with Gasteiger partial charge in [0.05, 0.1) is 23.6 Å². The number of hydrogen-bond acceptors (Lipinski definition) is 6. The number of fused-ring (bicyclic) bond motifs is 4. The molecule has 1 saturated carbocycles. The van der Waals surface area contributed by atoms with E-state index in [1.54, 1.807) is 13.2 Å². The summed E-state index contributed by atoms with van der Waals surface area (Å²) in [7, 11) is -2.21. The summed E-state index contributed by atoms with van der Waals surface area (Å²) in [6, 6.07) is 11.6. The molecule has 0 radical (unpaired) electrons. The fourth-order valence-corrected chi connectivity index (χ4v) is 9.00. The van der Waals surface area contributed by atoms with Gasteiger partial charge in [0.2, 0.25) is 10.0 Å². The molecule has 6 rings (SSSR count). The first-order valence-electron chi connectivity index (χ1n) is 15.3. The molecule has 2 bridgehead atoms. The summed E-state index contributed by atoms with van der Waals surface area (Å²) in [4.78, 5) is 15.8. The first kappa shape index (κ1) is 29.5. The number of carbonyl (C=O) groups is 1. The van der Waals surface area contributed by atoms with Gasteiger partial charge in [0.15, 0.2) is 0 Å². The zero-order chi connectivity index (χ0) is 29.5. The van der Waals surface area contributed by atoms with Crippen LogP contribution in [0.1, 0.15) is 73.4 Å². The van der Waals surface area contributed by atoms with Crippen molar-refractivity contribution in [2.75, 3.05) is 31.7 Å². The highest BCUT2D eigenvalue weighted by Gasteiger charge is 2.43. The molecule has 9 heteroatoms. The summed E-state index contributed by atoms with van der Waals surface area (Å²) >= 11 is 6.40. The van der Waals surface area contributed by atoms with Gasteiger partial charge < -0.3 is 14.4 Å².